The van der Waals surface area contributed by atoms with Crippen LogP contribution in [-0.2, 0) is 9.84 Å². The zero-order valence-electron chi connectivity index (χ0n) is 17.5. The Bertz CT molecular complexity index is 1290. The van der Waals surface area contributed by atoms with Gasteiger partial charge in [-0.1, -0.05) is 12.1 Å². The van der Waals surface area contributed by atoms with Gasteiger partial charge in [0.1, 0.15) is 28.4 Å². The molecule has 2 heterocycles. The first kappa shape index (κ1) is 21.9. The van der Waals surface area contributed by atoms with Crippen molar-refractivity contribution in [1.82, 2.24) is 4.98 Å². The Morgan fingerprint density at radius 3 is 2.66 bits per heavy atom. The number of ether oxygens (including phenoxy) is 1. The number of rotatable bonds is 5. The Morgan fingerprint density at radius 1 is 1.16 bits per heavy atom. The highest BCUT2D eigenvalue weighted by Crippen LogP contribution is 2.34. The summed E-state index contributed by atoms with van der Waals surface area (Å²) in [6.45, 7) is 1.74. The smallest absolute Gasteiger partial charge is 0.182 e. The molecule has 3 aromatic rings. The molecule has 0 radical (unpaired) electrons. The number of aliphatic imine (C=N–C) groups is 1. The number of hydrogen-bond acceptors (Lipinski definition) is 7. The fraction of sp³-hybridized carbons (Fsp3) is 0.217. The van der Waals surface area contributed by atoms with E-state index in [1.165, 1.54) is 6.07 Å². The van der Waals surface area contributed by atoms with E-state index in [0.29, 0.717) is 17.1 Å². The van der Waals surface area contributed by atoms with Crippen LogP contribution in [-0.4, -0.2) is 38.5 Å². The average Bonchev–Trinajstić information content (AvgIpc) is 2.97. The highest BCUT2D eigenvalue weighted by molar-refractivity contribution is 7.91. The van der Waals surface area contributed by atoms with Crippen molar-refractivity contribution < 1.29 is 17.5 Å². The number of nitrogens with zero attached hydrogens (tertiary/aromatic N) is 2. The van der Waals surface area contributed by atoms with Crippen LogP contribution in [0.4, 0.5) is 10.2 Å². The molecular weight excluding hydrogens is 431 g/mol. The van der Waals surface area contributed by atoms with Crippen LogP contribution in [0.25, 0.3) is 11.1 Å². The highest BCUT2D eigenvalue weighted by Gasteiger charge is 2.26. The third-order valence-electron chi connectivity index (χ3n) is 5.36. The summed E-state index contributed by atoms with van der Waals surface area (Å²) in [6.07, 6.45) is 2.85. The largest absolute Gasteiger partial charge is 0.483 e. The van der Waals surface area contributed by atoms with Gasteiger partial charge in [0, 0.05) is 35.6 Å². The van der Waals surface area contributed by atoms with E-state index in [1.54, 1.807) is 31.5 Å². The van der Waals surface area contributed by atoms with Crippen molar-refractivity contribution in [2.45, 2.75) is 17.9 Å². The van der Waals surface area contributed by atoms with Crippen molar-refractivity contribution >= 4 is 21.9 Å². The van der Waals surface area contributed by atoms with Crippen LogP contribution < -0.4 is 16.2 Å². The van der Waals surface area contributed by atoms with Gasteiger partial charge in [0.25, 0.3) is 0 Å². The number of anilines is 1. The summed E-state index contributed by atoms with van der Waals surface area (Å²) in [4.78, 5) is 8.22. The van der Waals surface area contributed by atoms with E-state index in [4.69, 9.17) is 16.2 Å². The lowest BCUT2D eigenvalue weighted by Gasteiger charge is -2.20. The molecule has 0 fully saturated rings. The van der Waals surface area contributed by atoms with Crippen molar-refractivity contribution in [1.29, 1.82) is 0 Å². The van der Waals surface area contributed by atoms with Crippen molar-refractivity contribution in [3.8, 4) is 16.9 Å². The molecule has 0 aliphatic carbocycles. The number of hydrogen-bond donors (Lipinski definition) is 2. The van der Waals surface area contributed by atoms with Gasteiger partial charge in [0.05, 0.1) is 12.3 Å². The van der Waals surface area contributed by atoms with E-state index in [9.17, 15) is 12.8 Å². The average molecular weight is 455 g/mol. The van der Waals surface area contributed by atoms with E-state index in [-0.39, 0.29) is 29.3 Å². The first-order chi connectivity index (χ1) is 15.3. The topological polar surface area (TPSA) is 121 Å². The minimum Gasteiger partial charge on any atom is -0.483 e. The molecule has 9 heteroatoms. The van der Waals surface area contributed by atoms with E-state index in [2.05, 4.69) is 9.98 Å². The van der Waals surface area contributed by atoms with Gasteiger partial charge in [0.15, 0.2) is 9.84 Å². The molecule has 166 valence electrons. The van der Waals surface area contributed by atoms with Gasteiger partial charge in [-0.3, -0.25) is 4.99 Å². The Labute approximate surface area is 185 Å². The fourth-order valence-electron chi connectivity index (χ4n) is 3.64. The monoisotopic (exact) mass is 454 g/mol. The molecule has 32 heavy (non-hydrogen) atoms. The zero-order valence-corrected chi connectivity index (χ0v) is 18.3. The first-order valence-corrected chi connectivity index (χ1v) is 11.7. The normalized spacial score (nSPS) is 15.7. The van der Waals surface area contributed by atoms with E-state index in [1.807, 2.05) is 24.3 Å². The number of benzene rings is 2. The Morgan fingerprint density at radius 2 is 1.94 bits per heavy atom. The molecule has 4 N–H and O–H groups in total. The molecule has 0 saturated carbocycles. The summed E-state index contributed by atoms with van der Waals surface area (Å²) >= 11 is 0. The van der Waals surface area contributed by atoms with Crippen molar-refractivity contribution in [2.75, 3.05) is 24.6 Å². The second-order valence-corrected chi connectivity index (χ2v) is 9.60. The summed E-state index contributed by atoms with van der Waals surface area (Å²) in [5.74, 6) is -0.0467. The molecule has 1 aromatic heterocycles. The molecule has 1 aliphatic heterocycles. The van der Waals surface area contributed by atoms with E-state index in [0.717, 1.165) is 16.7 Å². The van der Waals surface area contributed by atoms with E-state index < -0.39 is 21.8 Å². The number of aromatic nitrogens is 1. The van der Waals surface area contributed by atoms with Crippen LogP contribution >= 0.6 is 0 Å². The quantitative estimate of drug-likeness (QED) is 0.611. The number of nitrogen functional groups attached to an aromatic ring is 1. The third kappa shape index (κ3) is 4.21. The summed E-state index contributed by atoms with van der Waals surface area (Å²) < 4.78 is 45.7. The van der Waals surface area contributed by atoms with Gasteiger partial charge in [-0.25, -0.2) is 17.8 Å². The Balaban J connectivity index is 1.65. The molecule has 1 atom stereocenters. The molecule has 1 aliphatic rings. The lowest BCUT2D eigenvalue weighted by molar-refractivity contribution is 0.215. The standard InChI is InChI=1S/C23H23FN4O3S/c1-14-18(4-6-21(23(14)24)32(29,30)9-8-25)20-13-27-11-17-10-15(2-5-19(17)31-20)16-3-7-22(26)28-12-16/h2-7,10-12,20H,8-9,13,25H2,1H3,(H2,26,28). The van der Waals surface area contributed by atoms with Gasteiger partial charge in [-0.05, 0) is 48.4 Å². The summed E-state index contributed by atoms with van der Waals surface area (Å²) in [6, 6.07) is 12.1. The van der Waals surface area contributed by atoms with Crippen LogP contribution in [0.15, 0.2) is 58.5 Å². The van der Waals surface area contributed by atoms with Gasteiger partial charge in [0.2, 0.25) is 0 Å². The number of pyridine rings is 1. The molecule has 0 saturated heterocycles. The maximum atomic E-state index is 15.0. The maximum absolute atomic E-state index is 15.0. The number of sulfone groups is 1. The van der Waals surface area contributed by atoms with Crippen molar-refractivity contribution in [3.63, 3.8) is 0 Å². The predicted octanol–water partition coefficient (Wildman–Crippen LogP) is 3.06. The van der Waals surface area contributed by atoms with Crippen LogP contribution in [0.3, 0.4) is 0 Å². The number of nitrogens with two attached hydrogens (primary N) is 2. The minimum absolute atomic E-state index is 0.0752. The summed E-state index contributed by atoms with van der Waals surface area (Å²) in [5.41, 5.74) is 14.4. The molecule has 1 unspecified atom stereocenters. The Kier molecular flexibility index (Phi) is 5.94. The van der Waals surface area contributed by atoms with Gasteiger partial charge < -0.3 is 16.2 Å². The van der Waals surface area contributed by atoms with Gasteiger partial charge >= 0.3 is 0 Å². The third-order valence-corrected chi connectivity index (χ3v) is 7.12. The molecule has 4 rings (SSSR count). The SMILES string of the molecule is Cc1c(C2CN=Cc3cc(-c4ccc(N)nc4)ccc3O2)ccc(S(=O)(=O)CCN)c1F. The maximum Gasteiger partial charge on any atom is 0.182 e. The van der Waals surface area contributed by atoms with Crippen molar-refractivity contribution in [2.24, 2.45) is 10.7 Å². The second-order valence-electron chi connectivity index (χ2n) is 7.52. The van der Waals surface area contributed by atoms with Gasteiger partial charge in [-0.2, -0.15) is 0 Å². The number of fused-ring (bicyclic) bond motifs is 1. The van der Waals surface area contributed by atoms with Crippen LogP contribution in [0.1, 0.15) is 22.8 Å². The Hall–Kier alpha value is -3.30. The molecule has 0 bridgehead atoms. The minimum atomic E-state index is -3.78. The molecule has 0 spiro atoms. The van der Waals surface area contributed by atoms with Gasteiger partial charge in [-0.15, -0.1) is 0 Å². The lowest BCUT2D eigenvalue weighted by Crippen LogP contribution is -2.19. The predicted molar refractivity (Wildman–Crippen MR) is 122 cm³/mol. The second kappa shape index (κ2) is 8.68. The number of halogens is 1. The molecule has 2 aromatic carbocycles. The molecule has 7 nitrogen and oxygen atoms in total. The zero-order chi connectivity index (χ0) is 22.9. The van der Waals surface area contributed by atoms with Crippen LogP contribution in [0.5, 0.6) is 5.75 Å². The summed E-state index contributed by atoms with van der Waals surface area (Å²) in [7, 11) is -3.78. The summed E-state index contributed by atoms with van der Waals surface area (Å²) in [5, 5.41) is 0. The van der Waals surface area contributed by atoms with Crippen LogP contribution in [0, 0.1) is 12.7 Å². The lowest BCUT2D eigenvalue weighted by atomic mass is 10.0. The highest BCUT2D eigenvalue weighted by atomic mass is 32.2. The van der Waals surface area contributed by atoms with E-state index >= 15 is 0 Å². The molecule has 0 amide bonds. The van der Waals surface area contributed by atoms with Crippen LogP contribution in [0.2, 0.25) is 0 Å². The fourth-order valence-corrected chi connectivity index (χ4v) is 4.87. The van der Waals surface area contributed by atoms with Crippen molar-refractivity contribution in [3.05, 3.63) is 71.2 Å². The first-order valence-electron chi connectivity index (χ1n) is 10.0. The molecular formula is C23H23FN4O3S.